The minimum Gasteiger partial charge on any atom is -0.386 e. The van der Waals surface area contributed by atoms with Crippen molar-refractivity contribution in [2.24, 2.45) is 0 Å². The van der Waals surface area contributed by atoms with Crippen LogP contribution in [0.2, 0.25) is 0 Å². The van der Waals surface area contributed by atoms with Gasteiger partial charge in [0.25, 0.3) is 0 Å². The van der Waals surface area contributed by atoms with E-state index in [0.29, 0.717) is 18.7 Å². The third-order valence-electron chi connectivity index (χ3n) is 2.61. The van der Waals surface area contributed by atoms with Gasteiger partial charge in [-0.3, -0.25) is 5.10 Å². The first-order valence-corrected chi connectivity index (χ1v) is 6.44. The van der Waals surface area contributed by atoms with Crippen LogP contribution in [0.4, 0.5) is 0 Å². The summed E-state index contributed by atoms with van der Waals surface area (Å²) < 4.78 is 6.00. The molecular weight excluding hydrogens is 296 g/mol. The zero-order chi connectivity index (χ0) is 13.0. The Balaban J connectivity index is 2.04. The van der Waals surface area contributed by atoms with Gasteiger partial charge in [-0.15, -0.1) is 0 Å². The van der Waals surface area contributed by atoms with Crippen molar-refractivity contribution in [3.63, 3.8) is 0 Å². The van der Waals surface area contributed by atoms with Gasteiger partial charge in [-0.2, -0.15) is 5.10 Å². The maximum Gasteiger partial charge on any atom is 0.102 e. The lowest BCUT2D eigenvalue weighted by atomic mass is 10.1. The van der Waals surface area contributed by atoms with Gasteiger partial charge < -0.3 is 9.84 Å². The molecule has 0 saturated heterocycles. The molecule has 4 nitrogen and oxygen atoms in total. The monoisotopic (exact) mass is 310 g/mol. The van der Waals surface area contributed by atoms with E-state index >= 15 is 0 Å². The summed E-state index contributed by atoms with van der Waals surface area (Å²) in [5, 5.41) is 17.0. The number of aromatic nitrogens is 2. The summed E-state index contributed by atoms with van der Waals surface area (Å²) >= 11 is 3.41. The fourth-order valence-electron chi connectivity index (χ4n) is 1.77. The van der Waals surface area contributed by atoms with Crippen LogP contribution in [0.5, 0.6) is 0 Å². The van der Waals surface area contributed by atoms with Gasteiger partial charge in [-0.05, 0) is 23.8 Å². The molecule has 1 aromatic carbocycles. The molecule has 0 fully saturated rings. The van der Waals surface area contributed by atoms with Gasteiger partial charge in [0.1, 0.15) is 6.10 Å². The van der Waals surface area contributed by atoms with Crippen LogP contribution in [0, 0.1) is 0 Å². The van der Waals surface area contributed by atoms with Crippen molar-refractivity contribution in [3.05, 3.63) is 51.8 Å². The van der Waals surface area contributed by atoms with Crippen molar-refractivity contribution < 1.29 is 9.84 Å². The number of halogens is 1. The molecule has 2 aromatic rings. The highest BCUT2D eigenvalue weighted by molar-refractivity contribution is 9.10. The number of nitrogens with one attached hydrogen (secondary N) is 1. The van der Waals surface area contributed by atoms with E-state index in [1.165, 1.54) is 0 Å². The Morgan fingerprint density at radius 2 is 2.28 bits per heavy atom. The summed E-state index contributed by atoms with van der Waals surface area (Å²) in [5.41, 5.74) is 2.57. The smallest absolute Gasteiger partial charge is 0.102 e. The van der Waals surface area contributed by atoms with Crippen molar-refractivity contribution >= 4 is 15.9 Å². The average Bonchev–Trinajstić information content (AvgIpc) is 2.78. The minimum atomic E-state index is -0.610. The standard InChI is InChI=1S/C13H15BrN2O2/c1-18-8-11-7-12(16-15-11)13(17)6-9-3-2-4-10(14)5-9/h2-5,7,13,17H,6,8H2,1H3,(H,15,16). The van der Waals surface area contributed by atoms with Gasteiger partial charge in [-0.1, -0.05) is 28.1 Å². The number of H-pyrrole nitrogens is 1. The Labute approximate surface area is 114 Å². The number of methoxy groups -OCH3 is 1. The summed E-state index contributed by atoms with van der Waals surface area (Å²) in [6.45, 7) is 0.469. The van der Waals surface area contributed by atoms with Gasteiger partial charge in [0.05, 0.1) is 18.0 Å². The van der Waals surface area contributed by atoms with Crippen LogP contribution in [0.1, 0.15) is 23.1 Å². The molecule has 2 N–H and O–H groups in total. The van der Waals surface area contributed by atoms with E-state index in [9.17, 15) is 5.11 Å². The highest BCUT2D eigenvalue weighted by atomic mass is 79.9. The molecule has 0 aliphatic rings. The van der Waals surface area contributed by atoms with Gasteiger partial charge in [0.15, 0.2) is 0 Å². The van der Waals surface area contributed by atoms with E-state index in [0.717, 1.165) is 15.7 Å². The third kappa shape index (κ3) is 3.41. The molecule has 96 valence electrons. The molecule has 5 heteroatoms. The van der Waals surface area contributed by atoms with Crippen molar-refractivity contribution in [1.29, 1.82) is 0 Å². The molecule has 0 saturated carbocycles. The number of hydrogen-bond acceptors (Lipinski definition) is 3. The van der Waals surface area contributed by atoms with Crippen LogP contribution < -0.4 is 0 Å². The number of hydrogen-bond donors (Lipinski definition) is 2. The SMILES string of the molecule is COCc1cc(C(O)Cc2cccc(Br)c2)n[nH]1. The van der Waals surface area contributed by atoms with Gasteiger partial charge >= 0.3 is 0 Å². The summed E-state index contributed by atoms with van der Waals surface area (Å²) in [6.07, 6.45) is -0.0716. The van der Waals surface area contributed by atoms with Crippen LogP contribution in [0.25, 0.3) is 0 Å². The van der Waals surface area contributed by atoms with E-state index in [1.807, 2.05) is 30.3 Å². The Morgan fingerprint density at radius 3 is 3.00 bits per heavy atom. The molecular formula is C13H15BrN2O2. The summed E-state index contributed by atoms with van der Waals surface area (Å²) in [7, 11) is 1.62. The number of rotatable bonds is 5. The van der Waals surface area contributed by atoms with Crippen LogP contribution in [-0.4, -0.2) is 22.4 Å². The second kappa shape index (κ2) is 6.13. The Kier molecular flexibility index (Phi) is 4.52. The molecule has 18 heavy (non-hydrogen) atoms. The molecule has 1 unspecified atom stereocenters. The summed E-state index contributed by atoms with van der Waals surface area (Å²) in [6, 6.07) is 9.71. The number of aromatic amines is 1. The number of benzene rings is 1. The second-order valence-corrected chi connectivity index (χ2v) is 5.02. The molecule has 1 atom stereocenters. The maximum atomic E-state index is 10.1. The first-order valence-electron chi connectivity index (χ1n) is 5.64. The summed E-state index contributed by atoms with van der Waals surface area (Å²) in [5.74, 6) is 0. The van der Waals surface area contributed by atoms with Gasteiger partial charge in [0.2, 0.25) is 0 Å². The quantitative estimate of drug-likeness (QED) is 0.892. The first kappa shape index (κ1) is 13.3. The summed E-state index contributed by atoms with van der Waals surface area (Å²) in [4.78, 5) is 0. The van der Waals surface area contributed by atoms with E-state index in [4.69, 9.17) is 4.74 Å². The van der Waals surface area contributed by atoms with Gasteiger partial charge in [0, 0.05) is 18.0 Å². The highest BCUT2D eigenvalue weighted by Gasteiger charge is 2.12. The zero-order valence-corrected chi connectivity index (χ0v) is 11.6. The molecule has 0 aliphatic heterocycles. The Bertz CT molecular complexity index is 513. The molecule has 1 aromatic heterocycles. The number of aliphatic hydroxyl groups excluding tert-OH is 1. The minimum absolute atomic E-state index is 0.469. The molecule has 0 aliphatic carbocycles. The average molecular weight is 311 g/mol. The maximum absolute atomic E-state index is 10.1. The normalized spacial score (nSPS) is 12.6. The first-order chi connectivity index (χ1) is 8.69. The Morgan fingerprint density at radius 1 is 1.44 bits per heavy atom. The molecule has 0 radical (unpaired) electrons. The van der Waals surface area contributed by atoms with Crippen LogP contribution in [0.3, 0.4) is 0 Å². The zero-order valence-electron chi connectivity index (χ0n) is 10.1. The molecule has 0 spiro atoms. The molecule has 1 heterocycles. The topological polar surface area (TPSA) is 58.1 Å². The van der Waals surface area contributed by atoms with Crippen molar-refractivity contribution in [2.45, 2.75) is 19.1 Å². The number of aliphatic hydroxyl groups is 1. The predicted molar refractivity (Wildman–Crippen MR) is 72.1 cm³/mol. The van der Waals surface area contributed by atoms with Crippen LogP contribution in [-0.2, 0) is 17.8 Å². The predicted octanol–water partition coefficient (Wildman–Crippen LogP) is 2.59. The fraction of sp³-hybridized carbons (Fsp3) is 0.308. The third-order valence-corrected chi connectivity index (χ3v) is 3.10. The van der Waals surface area contributed by atoms with Crippen molar-refractivity contribution in [1.82, 2.24) is 10.2 Å². The van der Waals surface area contributed by atoms with Crippen LogP contribution in [0.15, 0.2) is 34.8 Å². The van der Waals surface area contributed by atoms with E-state index in [-0.39, 0.29) is 0 Å². The van der Waals surface area contributed by atoms with E-state index < -0.39 is 6.10 Å². The number of nitrogens with zero attached hydrogens (tertiary/aromatic N) is 1. The lowest BCUT2D eigenvalue weighted by molar-refractivity contribution is 0.173. The highest BCUT2D eigenvalue weighted by Crippen LogP contribution is 2.19. The van der Waals surface area contributed by atoms with E-state index in [2.05, 4.69) is 26.1 Å². The molecule has 2 rings (SSSR count). The van der Waals surface area contributed by atoms with Crippen molar-refractivity contribution in [3.8, 4) is 0 Å². The molecule has 0 bridgehead atoms. The largest absolute Gasteiger partial charge is 0.386 e. The van der Waals surface area contributed by atoms with E-state index in [1.54, 1.807) is 7.11 Å². The second-order valence-electron chi connectivity index (χ2n) is 4.10. The fourth-order valence-corrected chi connectivity index (χ4v) is 2.22. The van der Waals surface area contributed by atoms with Gasteiger partial charge in [-0.25, -0.2) is 0 Å². The lowest BCUT2D eigenvalue weighted by Gasteiger charge is -2.07. The molecule has 0 amide bonds. The Hall–Kier alpha value is -1.17. The number of ether oxygens (including phenoxy) is 1. The lowest BCUT2D eigenvalue weighted by Crippen LogP contribution is -2.02. The van der Waals surface area contributed by atoms with Crippen LogP contribution >= 0.6 is 15.9 Å². The van der Waals surface area contributed by atoms with Crippen molar-refractivity contribution in [2.75, 3.05) is 7.11 Å².